The van der Waals surface area contributed by atoms with Crippen molar-refractivity contribution < 1.29 is 5.11 Å². The third-order valence-corrected chi connectivity index (χ3v) is 4.80. The van der Waals surface area contributed by atoms with E-state index in [9.17, 15) is 5.11 Å². The molecule has 1 N–H and O–H groups in total. The van der Waals surface area contributed by atoms with Crippen LogP contribution in [0.5, 0.6) is 0 Å². The van der Waals surface area contributed by atoms with Crippen LogP contribution in [0.2, 0.25) is 0 Å². The number of β-amino-alcohol motifs (C(OH)–C–C–N with tert-alkyl or cyclic N) is 1. The Morgan fingerprint density at radius 1 is 1.10 bits per heavy atom. The van der Waals surface area contributed by atoms with Gasteiger partial charge in [-0.25, -0.2) is 0 Å². The quantitative estimate of drug-likeness (QED) is 0.904. The first-order valence-electron chi connectivity index (χ1n) is 8.18. The van der Waals surface area contributed by atoms with Gasteiger partial charge in [0.15, 0.2) is 0 Å². The van der Waals surface area contributed by atoms with Crippen LogP contribution in [-0.4, -0.2) is 29.6 Å². The fourth-order valence-corrected chi connectivity index (χ4v) is 2.90. The fourth-order valence-electron chi connectivity index (χ4n) is 2.90. The minimum absolute atomic E-state index is 0.169. The monoisotopic (exact) mass is 289 g/mol. The van der Waals surface area contributed by atoms with Crippen molar-refractivity contribution in [3.8, 4) is 0 Å². The number of benzene rings is 1. The molecule has 0 saturated carbocycles. The van der Waals surface area contributed by atoms with Crippen molar-refractivity contribution >= 4 is 0 Å². The predicted octanol–water partition coefficient (Wildman–Crippen LogP) is 4.14. The van der Waals surface area contributed by atoms with E-state index in [0.29, 0.717) is 5.41 Å². The number of hydrogen-bond acceptors (Lipinski definition) is 2. The average Bonchev–Trinajstić information content (AvgIpc) is 2.40. The molecule has 2 rings (SSSR count). The maximum Gasteiger partial charge on any atom is 0.0916 e. The summed E-state index contributed by atoms with van der Waals surface area (Å²) in [6, 6.07) is 8.47. The van der Waals surface area contributed by atoms with Gasteiger partial charge in [0, 0.05) is 6.54 Å². The molecule has 0 aromatic heterocycles. The zero-order valence-electron chi connectivity index (χ0n) is 14.3. The van der Waals surface area contributed by atoms with Crippen molar-refractivity contribution in [3.05, 3.63) is 35.4 Å². The second-order valence-corrected chi connectivity index (χ2v) is 8.35. The van der Waals surface area contributed by atoms with E-state index in [2.05, 4.69) is 63.8 Å². The lowest BCUT2D eigenvalue weighted by Gasteiger charge is -2.37. The van der Waals surface area contributed by atoms with Gasteiger partial charge in [-0.3, -0.25) is 0 Å². The first kappa shape index (κ1) is 16.5. The average molecular weight is 289 g/mol. The van der Waals surface area contributed by atoms with Crippen molar-refractivity contribution in [2.45, 2.75) is 59.0 Å². The van der Waals surface area contributed by atoms with E-state index in [0.717, 1.165) is 25.2 Å². The molecule has 2 heteroatoms. The van der Waals surface area contributed by atoms with Gasteiger partial charge < -0.3 is 10.0 Å². The number of likely N-dealkylation sites (tertiary alicyclic amines) is 1. The van der Waals surface area contributed by atoms with Gasteiger partial charge in [-0.2, -0.15) is 0 Å². The number of hydrogen-bond donors (Lipinski definition) is 1. The first-order valence-corrected chi connectivity index (χ1v) is 8.18. The Morgan fingerprint density at radius 2 is 1.62 bits per heavy atom. The number of aliphatic hydroxyl groups is 1. The highest BCUT2D eigenvalue weighted by molar-refractivity contribution is 5.28. The molecule has 1 aliphatic rings. The molecule has 118 valence electrons. The summed E-state index contributed by atoms with van der Waals surface area (Å²) in [6.07, 6.45) is 2.07. The molecule has 1 aromatic carbocycles. The topological polar surface area (TPSA) is 23.5 Å². The molecule has 0 radical (unpaired) electrons. The van der Waals surface area contributed by atoms with Gasteiger partial charge in [0.2, 0.25) is 0 Å². The van der Waals surface area contributed by atoms with Crippen molar-refractivity contribution in [1.82, 2.24) is 4.90 Å². The van der Waals surface area contributed by atoms with Crippen LogP contribution in [0.15, 0.2) is 24.3 Å². The highest BCUT2D eigenvalue weighted by Crippen LogP contribution is 2.31. The molecular weight excluding hydrogens is 258 g/mol. The minimum Gasteiger partial charge on any atom is -0.387 e. The van der Waals surface area contributed by atoms with Crippen LogP contribution in [-0.2, 0) is 5.41 Å². The third-order valence-electron chi connectivity index (χ3n) is 4.80. The van der Waals surface area contributed by atoms with E-state index >= 15 is 0 Å². The Bertz CT molecular complexity index is 445. The number of rotatable bonds is 3. The summed E-state index contributed by atoms with van der Waals surface area (Å²) in [5.74, 6) is 0. The lowest BCUT2D eigenvalue weighted by molar-refractivity contribution is 0.0703. The van der Waals surface area contributed by atoms with Crippen LogP contribution >= 0.6 is 0 Å². The molecular formula is C19H31NO. The summed E-state index contributed by atoms with van der Waals surface area (Å²) >= 11 is 0. The third kappa shape index (κ3) is 4.55. The van der Waals surface area contributed by atoms with Gasteiger partial charge in [-0.05, 0) is 47.9 Å². The van der Waals surface area contributed by atoms with Gasteiger partial charge in [0.1, 0.15) is 0 Å². The highest BCUT2D eigenvalue weighted by Gasteiger charge is 2.26. The van der Waals surface area contributed by atoms with Crippen molar-refractivity contribution in [3.63, 3.8) is 0 Å². The summed E-state index contributed by atoms with van der Waals surface area (Å²) < 4.78 is 0. The molecule has 1 aromatic rings. The fraction of sp³-hybridized carbons (Fsp3) is 0.684. The second kappa shape index (κ2) is 6.10. The Hall–Kier alpha value is -0.860. The molecule has 1 saturated heterocycles. The zero-order valence-corrected chi connectivity index (χ0v) is 14.3. The summed E-state index contributed by atoms with van der Waals surface area (Å²) in [5.41, 5.74) is 2.99. The molecule has 1 unspecified atom stereocenters. The van der Waals surface area contributed by atoms with Crippen LogP contribution in [0.3, 0.4) is 0 Å². The summed E-state index contributed by atoms with van der Waals surface area (Å²) in [7, 11) is 0. The molecule has 0 aliphatic carbocycles. The van der Waals surface area contributed by atoms with Crippen molar-refractivity contribution in [2.75, 3.05) is 19.6 Å². The molecule has 2 nitrogen and oxygen atoms in total. The lowest BCUT2D eigenvalue weighted by Crippen LogP contribution is -2.39. The Balaban J connectivity index is 1.93. The van der Waals surface area contributed by atoms with Crippen molar-refractivity contribution in [2.24, 2.45) is 5.41 Å². The van der Waals surface area contributed by atoms with E-state index < -0.39 is 0 Å². The maximum absolute atomic E-state index is 10.5. The Morgan fingerprint density at radius 3 is 2.10 bits per heavy atom. The smallest absolute Gasteiger partial charge is 0.0916 e. The Kier molecular flexibility index (Phi) is 4.79. The normalized spacial score (nSPS) is 21.2. The minimum atomic E-state index is -0.375. The van der Waals surface area contributed by atoms with E-state index in [1.165, 1.54) is 18.4 Å². The standard InChI is InChI=1S/C19H31NO/c1-18(2,3)16-8-6-15(7-9-16)17(21)14-20-12-10-19(4,5)11-13-20/h6-9,17,21H,10-14H2,1-5H3. The summed E-state index contributed by atoms with van der Waals surface area (Å²) in [6.45, 7) is 14.3. The maximum atomic E-state index is 10.5. The Labute approximate surface area is 130 Å². The van der Waals surface area contributed by atoms with Crippen LogP contribution in [0.25, 0.3) is 0 Å². The summed E-state index contributed by atoms with van der Waals surface area (Å²) in [4.78, 5) is 2.40. The van der Waals surface area contributed by atoms with Gasteiger partial charge in [-0.15, -0.1) is 0 Å². The molecule has 0 bridgehead atoms. The molecule has 1 heterocycles. The molecule has 1 fully saturated rings. The van der Waals surface area contributed by atoms with Gasteiger partial charge in [0.25, 0.3) is 0 Å². The largest absolute Gasteiger partial charge is 0.387 e. The van der Waals surface area contributed by atoms with E-state index in [4.69, 9.17) is 0 Å². The predicted molar refractivity (Wildman–Crippen MR) is 89.6 cm³/mol. The lowest BCUT2D eigenvalue weighted by atomic mass is 9.82. The van der Waals surface area contributed by atoms with Crippen LogP contribution in [0.1, 0.15) is 64.7 Å². The van der Waals surface area contributed by atoms with Gasteiger partial charge in [-0.1, -0.05) is 58.9 Å². The number of nitrogens with zero attached hydrogens (tertiary/aromatic N) is 1. The summed E-state index contributed by atoms with van der Waals surface area (Å²) in [5, 5.41) is 10.5. The van der Waals surface area contributed by atoms with E-state index in [1.807, 2.05) is 0 Å². The second-order valence-electron chi connectivity index (χ2n) is 8.35. The van der Waals surface area contributed by atoms with E-state index in [1.54, 1.807) is 0 Å². The highest BCUT2D eigenvalue weighted by atomic mass is 16.3. The first-order chi connectivity index (χ1) is 9.67. The van der Waals surface area contributed by atoms with Gasteiger partial charge >= 0.3 is 0 Å². The molecule has 1 aliphatic heterocycles. The number of piperidine rings is 1. The SMILES string of the molecule is CC1(C)CCN(CC(O)c2ccc(C(C)(C)C)cc2)CC1. The van der Waals surface area contributed by atoms with E-state index in [-0.39, 0.29) is 11.5 Å². The van der Waals surface area contributed by atoms with Gasteiger partial charge in [0.05, 0.1) is 6.10 Å². The zero-order chi connectivity index (χ0) is 15.7. The number of aliphatic hydroxyl groups excluding tert-OH is 1. The molecule has 0 spiro atoms. The molecule has 1 atom stereocenters. The molecule has 21 heavy (non-hydrogen) atoms. The van der Waals surface area contributed by atoms with Crippen LogP contribution < -0.4 is 0 Å². The van der Waals surface area contributed by atoms with Crippen LogP contribution in [0.4, 0.5) is 0 Å². The molecule has 0 amide bonds. The van der Waals surface area contributed by atoms with Crippen LogP contribution in [0, 0.1) is 5.41 Å². The van der Waals surface area contributed by atoms with Crippen molar-refractivity contribution in [1.29, 1.82) is 0 Å².